The molecule has 1 heterocycles. The van der Waals surface area contributed by atoms with Gasteiger partial charge < -0.3 is 10.5 Å². The summed E-state index contributed by atoms with van der Waals surface area (Å²) in [5.41, 5.74) is 9.34. The molecular formula is C16H22N2O. The maximum absolute atomic E-state index is 9.38. The number of nitrogens with two attached hydrogens (primary N) is 1. The second-order valence-corrected chi connectivity index (χ2v) is 6.56. The van der Waals surface area contributed by atoms with Gasteiger partial charge >= 0.3 is 0 Å². The molecule has 3 heteroatoms. The molecule has 0 radical (unpaired) electrons. The minimum Gasteiger partial charge on any atom is -0.378 e. The van der Waals surface area contributed by atoms with E-state index in [2.05, 4.69) is 45.0 Å². The molecule has 1 saturated heterocycles. The minimum atomic E-state index is -0.554. The Bertz CT molecular complexity index is 519. The van der Waals surface area contributed by atoms with Crippen LogP contribution in [0.1, 0.15) is 43.5 Å². The maximum atomic E-state index is 9.38. The van der Waals surface area contributed by atoms with E-state index in [0.29, 0.717) is 13.2 Å². The van der Waals surface area contributed by atoms with Crippen molar-refractivity contribution >= 4 is 0 Å². The van der Waals surface area contributed by atoms with Crippen molar-refractivity contribution in [3.8, 4) is 6.07 Å². The summed E-state index contributed by atoms with van der Waals surface area (Å²) < 4.78 is 5.21. The molecule has 1 fully saturated rings. The summed E-state index contributed by atoms with van der Waals surface area (Å²) in [5, 5.41) is 9.38. The average molecular weight is 258 g/mol. The van der Waals surface area contributed by atoms with E-state index in [1.54, 1.807) is 0 Å². The molecule has 0 bridgehead atoms. The SMILES string of the molecule is Cc1ccc(C(C)(C)C)cc1C(N)C1(C#N)COC1. The van der Waals surface area contributed by atoms with Gasteiger partial charge in [0.25, 0.3) is 0 Å². The summed E-state index contributed by atoms with van der Waals surface area (Å²) in [4.78, 5) is 0. The molecule has 1 aliphatic rings. The number of aryl methyl sites for hydroxylation is 1. The fourth-order valence-corrected chi connectivity index (χ4v) is 2.38. The van der Waals surface area contributed by atoms with Crippen molar-refractivity contribution in [2.24, 2.45) is 11.1 Å². The number of nitriles is 1. The highest BCUT2D eigenvalue weighted by Crippen LogP contribution is 2.40. The molecule has 1 aromatic rings. The molecule has 0 spiro atoms. The highest BCUT2D eigenvalue weighted by molar-refractivity contribution is 5.38. The predicted octanol–water partition coefficient (Wildman–Crippen LogP) is 2.83. The molecule has 19 heavy (non-hydrogen) atoms. The van der Waals surface area contributed by atoms with Gasteiger partial charge in [0.05, 0.1) is 25.3 Å². The van der Waals surface area contributed by atoms with Gasteiger partial charge in [0.2, 0.25) is 0 Å². The normalized spacial score (nSPS) is 19.4. The summed E-state index contributed by atoms with van der Waals surface area (Å²) in [5.74, 6) is 0. The molecule has 3 nitrogen and oxygen atoms in total. The summed E-state index contributed by atoms with van der Waals surface area (Å²) in [6.07, 6.45) is 0. The van der Waals surface area contributed by atoms with E-state index in [0.717, 1.165) is 11.1 Å². The first-order valence-electron chi connectivity index (χ1n) is 6.66. The van der Waals surface area contributed by atoms with Gasteiger partial charge in [-0.05, 0) is 29.0 Å². The Morgan fingerprint density at radius 3 is 2.42 bits per heavy atom. The molecule has 2 rings (SSSR count). The smallest absolute Gasteiger partial charge is 0.123 e. The number of rotatable bonds is 2. The lowest BCUT2D eigenvalue weighted by molar-refractivity contribution is -0.0911. The lowest BCUT2D eigenvalue weighted by Crippen LogP contribution is -2.49. The largest absolute Gasteiger partial charge is 0.378 e. The van der Waals surface area contributed by atoms with Crippen LogP contribution in [0.3, 0.4) is 0 Å². The van der Waals surface area contributed by atoms with Crippen LogP contribution in [0.15, 0.2) is 18.2 Å². The van der Waals surface area contributed by atoms with E-state index < -0.39 is 5.41 Å². The first-order valence-corrected chi connectivity index (χ1v) is 6.66. The van der Waals surface area contributed by atoms with Crippen molar-refractivity contribution in [1.82, 2.24) is 0 Å². The Hall–Kier alpha value is -1.37. The first kappa shape index (κ1) is 14.0. The van der Waals surface area contributed by atoms with Gasteiger partial charge in [0.1, 0.15) is 5.41 Å². The zero-order valence-corrected chi connectivity index (χ0v) is 12.2. The van der Waals surface area contributed by atoms with Gasteiger partial charge in [0.15, 0.2) is 0 Å². The van der Waals surface area contributed by atoms with E-state index in [9.17, 15) is 5.26 Å². The Balaban J connectivity index is 2.42. The zero-order chi connectivity index (χ0) is 14.3. The molecular weight excluding hydrogens is 236 g/mol. The van der Waals surface area contributed by atoms with Crippen molar-refractivity contribution < 1.29 is 4.74 Å². The van der Waals surface area contributed by atoms with Crippen LogP contribution in [0.2, 0.25) is 0 Å². The number of benzene rings is 1. The van der Waals surface area contributed by atoms with Crippen LogP contribution < -0.4 is 5.73 Å². The quantitative estimate of drug-likeness (QED) is 0.887. The van der Waals surface area contributed by atoms with Crippen LogP contribution in [0, 0.1) is 23.7 Å². The third-order valence-electron chi connectivity index (χ3n) is 4.02. The molecule has 1 unspecified atom stereocenters. The standard InChI is InChI=1S/C16H22N2O/c1-11-5-6-12(15(2,3)4)7-13(11)14(18)16(8-17)9-19-10-16/h5-7,14H,9-10,18H2,1-4H3. The number of hydrogen-bond donors (Lipinski definition) is 1. The molecule has 0 saturated carbocycles. The summed E-state index contributed by atoms with van der Waals surface area (Å²) in [6, 6.07) is 8.45. The van der Waals surface area contributed by atoms with Crippen molar-refractivity contribution in [2.45, 2.75) is 39.2 Å². The third kappa shape index (κ3) is 2.39. The molecule has 1 aliphatic heterocycles. The highest BCUT2D eigenvalue weighted by atomic mass is 16.5. The summed E-state index contributed by atoms with van der Waals surface area (Å²) >= 11 is 0. The van der Waals surface area contributed by atoms with Gasteiger partial charge in [-0.3, -0.25) is 0 Å². The van der Waals surface area contributed by atoms with Gasteiger partial charge in [0, 0.05) is 0 Å². The van der Waals surface area contributed by atoms with E-state index in [4.69, 9.17) is 10.5 Å². The van der Waals surface area contributed by atoms with Crippen LogP contribution in [0.5, 0.6) is 0 Å². The lowest BCUT2D eigenvalue weighted by Gasteiger charge is -2.40. The lowest BCUT2D eigenvalue weighted by atomic mass is 9.74. The van der Waals surface area contributed by atoms with Crippen molar-refractivity contribution in [3.05, 3.63) is 34.9 Å². The summed E-state index contributed by atoms with van der Waals surface area (Å²) in [6.45, 7) is 9.46. The minimum absolute atomic E-state index is 0.0814. The second kappa shape index (κ2) is 4.63. The molecule has 0 aromatic heterocycles. The van der Waals surface area contributed by atoms with Crippen LogP contribution in [-0.4, -0.2) is 13.2 Å². The molecule has 102 valence electrons. The Kier molecular flexibility index (Phi) is 3.42. The van der Waals surface area contributed by atoms with Crippen LogP contribution in [0.25, 0.3) is 0 Å². The molecule has 0 amide bonds. The monoisotopic (exact) mass is 258 g/mol. The van der Waals surface area contributed by atoms with Gasteiger partial charge in [-0.15, -0.1) is 0 Å². The zero-order valence-electron chi connectivity index (χ0n) is 12.2. The van der Waals surface area contributed by atoms with Crippen LogP contribution in [0.4, 0.5) is 0 Å². The Labute approximate surface area is 115 Å². The van der Waals surface area contributed by atoms with Crippen molar-refractivity contribution in [2.75, 3.05) is 13.2 Å². The molecule has 1 aromatic carbocycles. The third-order valence-corrected chi connectivity index (χ3v) is 4.02. The van der Waals surface area contributed by atoms with Crippen molar-refractivity contribution in [1.29, 1.82) is 5.26 Å². The van der Waals surface area contributed by atoms with Gasteiger partial charge in [-0.2, -0.15) is 5.26 Å². The summed E-state index contributed by atoms with van der Waals surface area (Å²) in [7, 11) is 0. The van der Waals surface area contributed by atoms with Gasteiger partial charge in [-0.25, -0.2) is 0 Å². The number of nitrogens with zero attached hydrogens (tertiary/aromatic N) is 1. The predicted molar refractivity (Wildman–Crippen MR) is 75.7 cm³/mol. The molecule has 1 atom stereocenters. The Morgan fingerprint density at radius 1 is 1.37 bits per heavy atom. The Morgan fingerprint density at radius 2 is 2.00 bits per heavy atom. The topological polar surface area (TPSA) is 59.0 Å². The van der Waals surface area contributed by atoms with E-state index in [-0.39, 0.29) is 11.5 Å². The molecule has 0 aliphatic carbocycles. The first-order chi connectivity index (χ1) is 8.80. The van der Waals surface area contributed by atoms with E-state index in [1.165, 1.54) is 5.56 Å². The number of hydrogen-bond acceptors (Lipinski definition) is 3. The van der Waals surface area contributed by atoms with E-state index in [1.807, 2.05) is 6.92 Å². The van der Waals surface area contributed by atoms with E-state index >= 15 is 0 Å². The average Bonchev–Trinajstić information content (AvgIpc) is 2.27. The van der Waals surface area contributed by atoms with Crippen LogP contribution in [-0.2, 0) is 10.2 Å². The maximum Gasteiger partial charge on any atom is 0.123 e. The fourth-order valence-electron chi connectivity index (χ4n) is 2.38. The second-order valence-electron chi connectivity index (χ2n) is 6.56. The van der Waals surface area contributed by atoms with Crippen molar-refractivity contribution in [3.63, 3.8) is 0 Å². The van der Waals surface area contributed by atoms with Crippen LogP contribution >= 0.6 is 0 Å². The molecule has 2 N–H and O–H groups in total. The number of ether oxygens (including phenoxy) is 1. The fraction of sp³-hybridized carbons (Fsp3) is 0.562. The van der Waals surface area contributed by atoms with Gasteiger partial charge in [-0.1, -0.05) is 39.0 Å². The highest BCUT2D eigenvalue weighted by Gasteiger charge is 2.45.